The normalized spacial score (nSPS) is 12.2. The predicted octanol–water partition coefficient (Wildman–Crippen LogP) is 2.57. The maximum absolute atomic E-state index is 12.3. The molecule has 0 saturated carbocycles. The van der Waals surface area contributed by atoms with Crippen molar-refractivity contribution in [3.63, 3.8) is 0 Å². The van der Waals surface area contributed by atoms with Gasteiger partial charge in [0.05, 0.1) is 5.56 Å². The molecule has 7 nitrogen and oxygen atoms in total. The smallest absolute Gasteiger partial charge is 0.338 e. The summed E-state index contributed by atoms with van der Waals surface area (Å²) >= 11 is 0. The van der Waals surface area contributed by atoms with Crippen LogP contribution in [0.15, 0.2) is 42.5 Å². The maximum Gasteiger partial charge on any atom is 0.338 e. The van der Waals surface area contributed by atoms with E-state index in [-0.39, 0.29) is 18.3 Å². The summed E-state index contributed by atoms with van der Waals surface area (Å²) in [6, 6.07) is 11.9. The van der Waals surface area contributed by atoms with E-state index in [1.54, 1.807) is 30.3 Å². The van der Waals surface area contributed by atoms with E-state index in [1.807, 2.05) is 12.1 Å². The van der Waals surface area contributed by atoms with Crippen molar-refractivity contribution in [2.24, 2.45) is 0 Å². The minimum Gasteiger partial charge on any atom is -0.486 e. The van der Waals surface area contributed by atoms with E-state index in [0.29, 0.717) is 42.4 Å². The Morgan fingerprint density at radius 1 is 0.966 bits per heavy atom. The van der Waals surface area contributed by atoms with Gasteiger partial charge in [-0.15, -0.1) is 0 Å². The van der Waals surface area contributed by atoms with E-state index in [0.717, 1.165) is 18.4 Å². The molecule has 1 aliphatic rings. The van der Waals surface area contributed by atoms with Crippen LogP contribution in [0, 0.1) is 0 Å². The third-order valence-electron chi connectivity index (χ3n) is 4.40. The second-order valence-corrected chi connectivity index (χ2v) is 6.64. The molecule has 0 aromatic heterocycles. The van der Waals surface area contributed by atoms with E-state index >= 15 is 0 Å². The molecule has 29 heavy (non-hydrogen) atoms. The van der Waals surface area contributed by atoms with Gasteiger partial charge in [0.1, 0.15) is 13.2 Å². The van der Waals surface area contributed by atoms with Crippen molar-refractivity contribution in [3.05, 3.63) is 59.2 Å². The Balaban J connectivity index is 1.48. The van der Waals surface area contributed by atoms with Crippen molar-refractivity contribution in [2.75, 3.05) is 26.4 Å². The molecule has 0 unspecified atom stereocenters. The molecule has 1 amide bonds. The number of hydrogen-bond donors (Lipinski definition) is 1. The number of carbonyl (C=O) groups is 3. The highest BCUT2D eigenvalue weighted by atomic mass is 16.6. The lowest BCUT2D eigenvalue weighted by Crippen LogP contribution is -2.21. The van der Waals surface area contributed by atoms with Gasteiger partial charge in [-0.1, -0.05) is 24.3 Å². The highest BCUT2D eigenvalue weighted by Gasteiger charge is 2.17. The van der Waals surface area contributed by atoms with E-state index in [1.165, 1.54) is 6.92 Å². The maximum atomic E-state index is 12.3. The number of ketones is 1. The number of esters is 1. The van der Waals surface area contributed by atoms with Gasteiger partial charge in [0.2, 0.25) is 5.91 Å². The van der Waals surface area contributed by atoms with Crippen LogP contribution in [0.2, 0.25) is 0 Å². The summed E-state index contributed by atoms with van der Waals surface area (Å²) in [7, 11) is 0. The van der Waals surface area contributed by atoms with Crippen LogP contribution in [-0.4, -0.2) is 44.0 Å². The van der Waals surface area contributed by atoms with E-state index in [4.69, 9.17) is 14.2 Å². The van der Waals surface area contributed by atoms with Crippen molar-refractivity contribution in [1.82, 2.24) is 5.32 Å². The van der Waals surface area contributed by atoms with Gasteiger partial charge in [-0.05, 0) is 36.6 Å². The standard InChI is InChI=1S/C22H23NO6/c1-15(24)23-10-2-3-16-4-6-17(7-5-16)19(25)14-29-22(26)18-8-9-20-21(13-18)28-12-11-27-20/h4-9,13H,2-3,10-12,14H2,1H3,(H,23,24). The van der Waals surface area contributed by atoms with Crippen LogP contribution in [0.3, 0.4) is 0 Å². The van der Waals surface area contributed by atoms with E-state index in [9.17, 15) is 14.4 Å². The van der Waals surface area contributed by atoms with Crippen molar-refractivity contribution in [3.8, 4) is 11.5 Å². The first-order valence-electron chi connectivity index (χ1n) is 9.46. The lowest BCUT2D eigenvalue weighted by molar-refractivity contribution is -0.118. The van der Waals surface area contributed by atoms with E-state index in [2.05, 4.69) is 5.32 Å². The molecule has 0 bridgehead atoms. The Morgan fingerprint density at radius 2 is 1.66 bits per heavy atom. The zero-order chi connectivity index (χ0) is 20.6. The fraction of sp³-hybridized carbons (Fsp3) is 0.318. The zero-order valence-corrected chi connectivity index (χ0v) is 16.2. The molecule has 1 aliphatic heterocycles. The largest absolute Gasteiger partial charge is 0.486 e. The number of hydrogen-bond acceptors (Lipinski definition) is 6. The van der Waals surface area contributed by atoms with Crippen LogP contribution in [0.5, 0.6) is 11.5 Å². The predicted molar refractivity (Wildman–Crippen MR) is 105 cm³/mol. The first-order chi connectivity index (χ1) is 14.0. The Hall–Kier alpha value is -3.35. The number of Topliss-reactive ketones (excluding diaryl/α,β-unsaturated/α-hetero) is 1. The van der Waals surface area contributed by atoms with Crippen LogP contribution in [0.4, 0.5) is 0 Å². The molecule has 0 atom stereocenters. The summed E-state index contributed by atoms with van der Waals surface area (Å²) in [5.41, 5.74) is 1.85. The Bertz CT molecular complexity index is 891. The number of nitrogens with one attached hydrogen (secondary N) is 1. The third kappa shape index (κ3) is 5.81. The van der Waals surface area contributed by atoms with Gasteiger partial charge >= 0.3 is 5.97 Å². The van der Waals surface area contributed by atoms with Gasteiger partial charge < -0.3 is 19.5 Å². The number of carbonyl (C=O) groups excluding carboxylic acids is 3. The van der Waals surface area contributed by atoms with Gasteiger partial charge in [-0.2, -0.15) is 0 Å². The van der Waals surface area contributed by atoms with Gasteiger partial charge in [-0.3, -0.25) is 9.59 Å². The molecule has 0 fully saturated rings. The summed E-state index contributed by atoms with van der Waals surface area (Å²) < 4.78 is 16.0. The lowest BCUT2D eigenvalue weighted by Gasteiger charge is -2.18. The highest BCUT2D eigenvalue weighted by Crippen LogP contribution is 2.30. The average molecular weight is 397 g/mol. The second-order valence-electron chi connectivity index (χ2n) is 6.64. The molecule has 1 N–H and O–H groups in total. The summed E-state index contributed by atoms with van der Waals surface area (Å²) in [5.74, 6) is 0.162. The topological polar surface area (TPSA) is 90.9 Å². The molecule has 0 aliphatic carbocycles. The Labute approximate surface area is 169 Å². The van der Waals surface area contributed by atoms with Gasteiger partial charge in [0.15, 0.2) is 23.9 Å². The molecular formula is C22H23NO6. The van der Waals surface area contributed by atoms with Crippen LogP contribution in [0.1, 0.15) is 39.6 Å². The number of benzene rings is 2. The molecule has 7 heteroatoms. The third-order valence-corrected chi connectivity index (χ3v) is 4.40. The van der Waals surface area contributed by atoms with Crippen molar-refractivity contribution in [2.45, 2.75) is 19.8 Å². The Kier molecular flexibility index (Phi) is 6.84. The Morgan fingerprint density at radius 3 is 2.38 bits per heavy atom. The minimum atomic E-state index is -0.593. The van der Waals surface area contributed by atoms with Gasteiger partial charge in [0, 0.05) is 19.0 Å². The summed E-state index contributed by atoms with van der Waals surface area (Å²) in [5, 5.41) is 2.75. The molecule has 0 spiro atoms. The summed E-state index contributed by atoms with van der Waals surface area (Å²) in [6.07, 6.45) is 1.62. The lowest BCUT2D eigenvalue weighted by atomic mass is 10.1. The average Bonchev–Trinajstić information content (AvgIpc) is 2.74. The number of ether oxygens (including phenoxy) is 3. The first kappa shape index (κ1) is 20.4. The fourth-order valence-electron chi connectivity index (χ4n) is 2.88. The first-order valence-corrected chi connectivity index (χ1v) is 9.46. The monoisotopic (exact) mass is 397 g/mol. The molecular weight excluding hydrogens is 374 g/mol. The minimum absolute atomic E-state index is 0.0447. The fourth-order valence-corrected chi connectivity index (χ4v) is 2.88. The number of amides is 1. The molecule has 3 rings (SSSR count). The van der Waals surface area contributed by atoms with Crippen LogP contribution in [0.25, 0.3) is 0 Å². The van der Waals surface area contributed by atoms with Crippen molar-refractivity contribution >= 4 is 17.7 Å². The number of fused-ring (bicyclic) bond motifs is 1. The van der Waals surface area contributed by atoms with Gasteiger partial charge in [0.25, 0.3) is 0 Å². The van der Waals surface area contributed by atoms with E-state index < -0.39 is 5.97 Å². The summed E-state index contributed by atoms with van der Waals surface area (Å²) in [6.45, 7) is 2.66. The highest BCUT2D eigenvalue weighted by molar-refractivity contribution is 5.99. The van der Waals surface area contributed by atoms with Crippen LogP contribution < -0.4 is 14.8 Å². The number of rotatable bonds is 8. The van der Waals surface area contributed by atoms with Crippen LogP contribution in [-0.2, 0) is 16.0 Å². The molecule has 2 aromatic rings. The number of aryl methyl sites for hydroxylation is 1. The molecule has 0 radical (unpaired) electrons. The van der Waals surface area contributed by atoms with Crippen molar-refractivity contribution < 1.29 is 28.6 Å². The zero-order valence-electron chi connectivity index (χ0n) is 16.2. The SMILES string of the molecule is CC(=O)NCCCc1ccc(C(=O)COC(=O)c2ccc3c(c2)OCCO3)cc1. The molecule has 152 valence electrons. The quantitative estimate of drug-likeness (QED) is 0.418. The molecule has 0 saturated heterocycles. The van der Waals surface area contributed by atoms with Crippen LogP contribution >= 0.6 is 0 Å². The van der Waals surface area contributed by atoms with Crippen molar-refractivity contribution in [1.29, 1.82) is 0 Å². The molecule has 2 aromatic carbocycles. The molecule has 1 heterocycles. The van der Waals surface area contributed by atoms with Gasteiger partial charge in [-0.25, -0.2) is 4.79 Å². The second kappa shape index (κ2) is 9.73. The summed E-state index contributed by atoms with van der Waals surface area (Å²) in [4.78, 5) is 35.3.